The largest absolute Gasteiger partial charge is 0.376 e. The molecule has 1 heterocycles. The van der Waals surface area contributed by atoms with Crippen molar-refractivity contribution in [2.75, 3.05) is 18.4 Å². The number of hydrazine groups is 1. The van der Waals surface area contributed by atoms with Crippen LogP contribution in [0.4, 0.5) is 5.69 Å². The monoisotopic (exact) mass is 400 g/mol. The number of benzene rings is 1. The van der Waals surface area contributed by atoms with E-state index in [0.29, 0.717) is 0 Å². The number of amides is 4. The highest BCUT2D eigenvalue weighted by atomic mass is 16.2. The molecule has 3 N–H and O–H groups in total. The zero-order valence-electron chi connectivity index (χ0n) is 16.9. The van der Waals surface area contributed by atoms with Gasteiger partial charge in [-0.2, -0.15) is 0 Å². The number of fused-ring (bicyclic) bond motifs is 1. The maximum absolute atomic E-state index is 12.4. The summed E-state index contributed by atoms with van der Waals surface area (Å²) in [5.74, 6) is -1.58. The molecular formula is C21H28N4O4. The fourth-order valence-corrected chi connectivity index (χ4v) is 4.10. The summed E-state index contributed by atoms with van der Waals surface area (Å²) in [4.78, 5) is 49.9. The number of carbonyl (C=O) groups is 4. The molecule has 1 aliphatic carbocycles. The Morgan fingerprint density at radius 2 is 1.62 bits per heavy atom. The van der Waals surface area contributed by atoms with Gasteiger partial charge in [-0.15, -0.1) is 0 Å². The predicted octanol–water partition coefficient (Wildman–Crippen LogP) is 1.43. The van der Waals surface area contributed by atoms with Crippen LogP contribution in [0.25, 0.3) is 0 Å². The van der Waals surface area contributed by atoms with Gasteiger partial charge in [0.25, 0.3) is 5.91 Å². The number of aryl methyl sites for hydroxylation is 2. The van der Waals surface area contributed by atoms with E-state index in [1.54, 1.807) is 0 Å². The van der Waals surface area contributed by atoms with Gasteiger partial charge in [-0.3, -0.25) is 34.9 Å². The molecule has 4 amide bonds. The van der Waals surface area contributed by atoms with Crippen LogP contribution in [0.1, 0.15) is 43.2 Å². The fraction of sp³-hybridized carbons (Fsp3) is 0.524. The first-order valence-electron chi connectivity index (χ1n) is 10.1. The van der Waals surface area contributed by atoms with Crippen LogP contribution in [-0.4, -0.2) is 41.6 Å². The molecule has 1 aromatic rings. The molecule has 8 nitrogen and oxygen atoms in total. The number of hydrogen-bond donors (Lipinski definition) is 3. The quantitative estimate of drug-likeness (QED) is 0.495. The van der Waals surface area contributed by atoms with Crippen molar-refractivity contribution in [1.82, 2.24) is 15.8 Å². The molecule has 1 aromatic carbocycles. The van der Waals surface area contributed by atoms with Gasteiger partial charge in [0.2, 0.25) is 17.7 Å². The second kappa shape index (κ2) is 9.07. The van der Waals surface area contributed by atoms with Gasteiger partial charge in [0.1, 0.15) is 0 Å². The summed E-state index contributed by atoms with van der Waals surface area (Å²) in [6.07, 6.45) is 3.40. The minimum atomic E-state index is -0.444. The number of nitrogens with zero attached hydrogens (tertiary/aromatic N) is 1. The van der Waals surface area contributed by atoms with Crippen LogP contribution in [0, 0.1) is 25.7 Å². The van der Waals surface area contributed by atoms with Crippen LogP contribution >= 0.6 is 0 Å². The van der Waals surface area contributed by atoms with E-state index in [1.165, 1.54) is 4.90 Å². The van der Waals surface area contributed by atoms with Gasteiger partial charge < -0.3 is 5.32 Å². The molecule has 1 aliphatic heterocycles. The van der Waals surface area contributed by atoms with Gasteiger partial charge in [0, 0.05) is 18.7 Å². The summed E-state index contributed by atoms with van der Waals surface area (Å²) in [5.41, 5.74) is 7.69. The smallest absolute Gasteiger partial charge is 0.257 e. The van der Waals surface area contributed by atoms with Gasteiger partial charge in [-0.1, -0.05) is 30.5 Å². The standard InChI is InChI=1S/C21H28N4O4/c1-13-7-8-17(14(2)11-13)22-12-19(27)24-23-18(26)9-10-25-20(28)15-5-3-4-6-16(15)21(25)29/h7-8,11,15-16,22H,3-6,9-10,12H2,1-2H3,(H,23,26)(H,24,27)/t15-,16-/m0/s1. The van der Waals surface area contributed by atoms with Crippen molar-refractivity contribution in [3.8, 4) is 0 Å². The molecule has 1 saturated carbocycles. The molecule has 2 fully saturated rings. The first kappa shape index (κ1) is 20.8. The number of imide groups is 1. The molecule has 0 bridgehead atoms. The van der Waals surface area contributed by atoms with E-state index in [9.17, 15) is 19.2 Å². The molecule has 29 heavy (non-hydrogen) atoms. The number of likely N-dealkylation sites (tertiary alicyclic amines) is 1. The van der Waals surface area contributed by atoms with Gasteiger partial charge in [0.05, 0.1) is 18.4 Å². The van der Waals surface area contributed by atoms with Crippen LogP contribution in [0.15, 0.2) is 18.2 Å². The van der Waals surface area contributed by atoms with Gasteiger partial charge in [-0.25, -0.2) is 0 Å². The van der Waals surface area contributed by atoms with Gasteiger partial charge >= 0.3 is 0 Å². The molecule has 0 radical (unpaired) electrons. The third-order valence-electron chi connectivity index (χ3n) is 5.66. The summed E-state index contributed by atoms with van der Waals surface area (Å²) < 4.78 is 0. The second-order valence-corrected chi connectivity index (χ2v) is 7.84. The zero-order valence-corrected chi connectivity index (χ0v) is 16.9. The molecule has 3 rings (SSSR count). The molecule has 2 aliphatic rings. The normalized spacial score (nSPS) is 21.0. The van der Waals surface area contributed by atoms with Crippen molar-refractivity contribution >= 4 is 29.3 Å². The maximum atomic E-state index is 12.4. The Morgan fingerprint density at radius 3 is 2.24 bits per heavy atom. The lowest BCUT2D eigenvalue weighted by Gasteiger charge is -2.19. The van der Waals surface area contributed by atoms with E-state index in [0.717, 1.165) is 42.5 Å². The van der Waals surface area contributed by atoms with Crippen LogP contribution in [0.2, 0.25) is 0 Å². The molecule has 0 unspecified atom stereocenters. The highest BCUT2D eigenvalue weighted by Crippen LogP contribution is 2.37. The summed E-state index contributed by atoms with van der Waals surface area (Å²) in [5, 5.41) is 3.02. The average molecular weight is 400 g/mol. The SMILES string of the molecule is Cc1ccc(NCC(=O)NNC(=O)CCN2C(=O)[C@H]3CCCC[C@@H]3C2=O)c(C)c1. The Hall–Kier alpha value is -2.90. The molecule has 156 valence electrons. The molecule has 8 heteroatoms. The molecule has 0 spiro atoms. The topological polar surface area (TPSA) is 108 Å². The van der Waals surface area contributed by atoms with E-state index >= 15 is 0 Å². The van der Waals surface area contributed by atoms with E-state index < -0.39 is 11.8 Å². The number of rotatable bonds is 6. The van der Waals surface area contributed by atoms with Crippen molar-refractivity contribution in [3.05, 3.63) is 29.3 Å². The zero-order chi connectivity index (χ0) is 21.0. The molecule has 0 aromatic heterocycles. The fourth-order valence-electron chi connectivity index (χ4n) is 4.10. The number of hydrogen-bond acceptors (Lipinski definition) is 5. The van der Waals surface area contributed by atoms with E-state index in [1.807, 2.05) is 32.0 Å². The predicted molar refractivity (Wildman–Crippen MR) is 107 cm³/mol. The van der Waals surface area contributed by atoms with Crippen LogP contribution < -0.4 is 16.2 Å². The van der Waals surface area contributed by atoms with E-state index in [-0.39, 0.29) is 43.2 Å². The third kappa shape index (κ3) is 4.93. The van der Waals surface area contributed by atoms with Crippen LogP contribution in [0.3, 0.4) is 0 Å². The van der Waals surface area contributed by atoms with Gasteiger partial charge in [0.15, 0.2) is 0 Å². The number of anilines is 1. The van der Waals surface area contributed by atoms with Crippen molar-refractivity contribution in [2.24, 2.45) is 11.8 Å². The third-order valence-corrected chi connectivity index (χ3v) is 5.66. The highest BCUT2D eigenvalue weighted by molar-refractivity contribution is 6.05. The summed E-state index contributed by atoms with van der Waals surface area (Å²) >= 11 is 0. The van der Waals surface area contributed by atoms with Gasteiger partial charge in [-0.05, 0) is 38.3 Å². The number of nitrogens with one attached hydrogen (secondary N) is 3. The van der Waals surface area contributed by atoms with Crippen molar-refractivity contribution < 1.29 is 19.2 Å². The summed E-state index contributed by atoms with van der Waals surface area (Å²) in [7, 11) is 0. The van der Waals surface area contributed by atoms with Crippen molar-refractivity contribution in [3.63, 3.8) is 0 Å². The highest BCUT2D eigenvalue weighted by Gasteiger charge is 2.47. The Bertz CT molecular complexity index is 799. The molecule has 2 atom stereocenters. The Balaban J connectivity index is 1.39. The van der Waals surface area contributed by atoms with E-state index in [2.05, 4.69) is 16.2 Å². The first-order chi connectivity index (χ1) is 13.9. The average Bonchev–Trinajstić information content (AvgIpc) is 2.94. The first-order valence-corrected chi connectivity index (χ1v) is 10.1. The lowest BCUT2D eigenvalue weighted by molar-refractivity contribution is -0.140. The molecule has 1 saturated heterocycles. The van der Waals surface area contributed by atoms with Crippen LogP contribution in [-0.2, 0) is 19.2 Å². The second-order valence-electron chi connectivity index (χ2n) is 7.84. The Kier molecular flexibility index (Phi) is 6.51. The summed E-state index contributed by atoms with van der Waals surface area (Å²) in [6, 6.07) is 5.86. The number of carbonyl (C=O) groups excluding carboxylic acids is 4. The van der Waals surface area contributed by atoms with Crippen LogP contribution in [0.5, 0.6) is 0 Å². The Labute approximate surface area is 170 Å². The molecular weight excluding hydrogens is 372 g/mol. The van der Waals surface area contributed by atoms with E-state index in [4.69, 9.17) is 0 Å². The minimum Gasteiger partial charge on any atom is -0.376 e. The maximum Gasteiger partial charge on any atom is 0.257 e. The lowest BCUT2D eigenvalue weighted by Crippen LogP contribution is -2.45. The summed E-state index contributed by atoms with van der Waals surface area (Å²) in [6.45, 7) is 4.01. The lowest BCUT2D eigenvalue weighted by atomic mass is 9.81. The van der Waals surface area contributed by atoms with Crippen molar-refractivity contribution in [1.29, 1.82) is 0 Å². The Morgan fingerprint density at radius 1 is 1.00 bits per heavy atom. The minimum absolute atomic E-state index is 0.0106. The van der Waals surface area contributed by atoms with Crippen molar-refractivity contribution in [2.45, 2.75) is 46.0 Å².